The molecule has 1 unspecified atom stereocenters. The van der Waals surface area contributed by atoms with E-state index in [-0.39, 0.29) is 22.8 Å². The Kier molecular flexibility index (Phi) is 6.80. The lowest BCUT2D eigenvalue weighted by atomic mass is 9.86. The molecule has 2 aliphatic rings. The molecule has 1 aromatic heterocycles. The van der Waals surface area contributed by atoms with Crippen LogP contribution in [0.15, 0.2) is 35.5 Å². The van der Waals surface area contributed by atoms with Gasteiger partial charge in [0.15, 0.2) is 9.84 Å². The van der Waals surface area contributed by atoms with Crippen molar-refractivity contribution in [2.24, 2.45) is 16.6 Å². The Balaban J connectivity index is 1.58. The number of hydrogen-bond donors (Lipinski definition) is 2. The van der Waals surface area contributed by atoms with Crippen LogP contribution in [0.1, 0.15) is 54.7 Å². The number of nitrogens with one attached hydrogen (secondary N) is 1. The van der Waals surface area contributed by atoms with Gasteiger partial charge in [0.2, 0.25) is 0 Å². The average molecular weight is 521 g/mol. The highest BCUT2D eigenvalue weighted by atomic mass is 32.2. The lowest BCUT2D eigenvalue weighted by Crippen LogP contribution is -2.56. The molecule has 2 aromatic rings. The summed E-state index contributed by atoms with van der Waals surface area (Å²) in [6, 6.07) is 5.23. The minimum absolute atomic E-state index is 0.131. The molecule has 3 N–H and O–H groups in total. The number of benzene rings is 1. The largest absolute Gasteiger partial charge is 0.492 e. The van der Waals surface area contributed by atoms with Crippen LogP contribution in [-0.2, 0) is 15.4 Å². The van der Waals surface area contributed by atoms with Crippen LogP contribution in [0.3, 0.4) is 0 Å². The van der Waals surface area contributed by atoms with E-state index in [9.17, 15) is 22.0 Å². The number of sulfone groups is 1. The summed E-state index contributed by atoms with van der Waals surface area (Å²) in [5, 5.41) is 2.62. The van der Waals surface area contributed by atoms with Gasteiger partial charge in [0.05, 0.1) is 18.6 Å². The number of carbonyl (C=O) groups excluding carboxylic acids is 1. The van der Waals surface area contributed by atoms with E-state index >= 15 is 0 Å². The van der Waals surface area contributed by atoms with Gasteiger partial charge in [-0.25, -0.2) is 22.2 Å². The molecule has 1 saturated carbocycles. The van der Waals surface area contributed by atoms with Gasteiger partial charge in [-0.2, -0.15) is 0 Å². The lowest BCUT2D eigenvalue weighted by Gasteiger charge is -2.38. The van der Waals surface area contributed by atoms with Crippen molar-refractivity contribution in [1.29, 1.82) is 0 Å². The third kappa shape index (κ3) is 4.68. The molecule has 36 heavy (non-hydrogen) atoms. The summed E-state index contributed by atoms with van der Waals surface area (Å²) in [6.07, 6.45) is 4.99. The molecular weight excluding hydrogens is 490 g/mol. The van der Waals surface area contributed by atoms with Crippen LogP contribution < -0.4 is 15.8 Å². The zero-order chi connectivity index (χ0) is 26.3. The van der Waals surface area contributed by atoms with E-state index in [2.05, 4.69) is 15.3 Å². The molecule has 11 heteroatoms. The number of alkyl halides is 1. The van der Waals surface area contributed by atoms with Crippen LogP contribution in [0.25, 0.3) is 0 Å². The Bertz CT molecular complexity index is 1330. The Labute approximate surface area is 209 Å². The molecule has 0 bridgehead atoms. The highest BCUT2D eigenvalue weighted by Gasteiger charge is 2.52. The minimum atomic E-state index is -3.96. The van der Waals surface area contributed by atoms with Gasteiger partial charge < -0.3 is 15.8 Å². The molecule has 8 nitrogen and oxygen atoms in total. The van der Waals surface area contributed by atoms with Crippen molar-refractivity contribution >= 4 is 27.3 Å². The molecule has 1 aromatic carbocycles. The van der Waals surface area contributed by atoms with Crippen molar-refractivity contribution in [3.05, 3.63) is 53.1 Å². The minimum Gasteiger partial charge on any atom is -0.492 e. The first-order chi connectivity index (χ1) is 16.9. The second-order valence-electron chi connectivity index (χ2n) is 10.0. The summed E-state index contributed by atoms with van der Waals surface area (Å²) in [5.74, 6) is -1.37. The fourth-order valence-electron chi connectivity index (χ4n) is 4.22. The number of aryl methyl sites for hydroxylation is 1. The predicted molar refractivity (Wildman–Crippen MR) is 133 cm³/mol. The number of anilines is 1. The normalized spacial score (nSPS) is 22.9. The van der Waals surface area contributed by atoms with Gasteiger partial charge in [0, 0.05) is 11.3 Å². The van der Waals surface area contributed by atoms with Gasteiger partial charge in [-0.15, -0.1) is 0 Å². The standard InChI is InChI=1S/C25H30F2N4O4S/c1-15-9-18(35-12-16-5-4-6-16)11-29-21(15)22(32)30-17-7-8-20(27)19(10-17)25(13-26)14-36(33,34)24(2,3)23(28)31-25/h7-11,16H,4-6,12-14H2,1-3H3,(H2,28,31)(H,30,32). The van der Waals surface area contributed by atoms with Crippen molar-refractivity contribution in [3.8, 4) is 5.75 Å². The van der Waals surface area contributed by atoms with Crippen molar-refractivity contribution in [1.82, 2.24) is 4.98 Å². The molecular formula is C25H30F2N4O4S. The maximum Gasteiger partial charge on any atom is 0.274 e. The van der Waals surface area contributed by atoms with Crippen molar-refractivity contribution < 1.29 is 26.7 Å². The van der Waals surface area contributed by atoms with Crippen LogP contribution in [0.2, 0.25) is 0 Å². The fraction of sp³-hybridized carbons (Fsp3) is 0.480. The van der Waals surface area contributed by atoms with E-state index in [0.717, 1.165) is 18.9 Å². The molecule has 1 amide bonds. The van der Waals surface area contributed by atoms with Crippen LogP contribution in [0.5, 0.6) is 5.75 Å². The summed E-state index contributed by atoms with van der Waals surface area (Å²) < 4.78 is 59.2. The second-order valence-corrected chi connectivity index (χ2v) is 12.6. The van der Waals surface area contributed by atoms with Gasteiger partial charge in [0.25, 0.3) is 5.91 Å². The molecule has 1 fully saturated rings. The monoisotopic (exact) mass is 520 g/mol. The highest BCUT2D eigenvalue weighted by molar-refractivity contribution is 7.93. The number of nitrogens with two attached hydrogens (primary N) is 1. The second kappa shape index (κ2) is 9.42. The van der Waals surface area contributed by atoms with Gasteiger partial charge in [0.1, 0.15) is 40.1 Å². The highest BCUT2D eigenvalue weighted by Crippen LogP contribution is 2.39. The zero-order valence-corrected chi connectivity index (χ0v) is 21.3. The molecule has 0 saturated heterocycles. The first-order valence-electron chi connectivity index (χ1n) is 11.7. The maximum atomic E-state index is 14.9. The predicted octanol–water partition coefficient (Wildman–Crippen LogP) is 3.69. The number of aliphatic imine (C=N–C) groups is 1. The number of amidine groups is 1. The third-order valence-corrected chi connectivity index (χ3v) is 9.70. The van der Waals surface area contributed by atoms with Crippen molar-refractivity contribution in [2.45, 2.75) is 50.3 Å². The van der Waals surface area contributed by atoms with Crippen LogP contribution in [0, 0.1) is 18.7 Å². The third-order valence-electron chi connectivity index (χ3n) is 7.08. The summed E-state index contributed by atoms with van der Waals surface area (Å²) in [6.45, 7) is 3.78. The molecule has 194 valence electrons. The number of rotatable bonds is 7. The van der Waals surface area contributed by atoms with E-state index in [1.165, 1.54) is 38.6 Å². The number of ether oxygens (including phenoxy) is 1. The maximum absolute atomic E-state index is 14.9. The summed E-state index contributed by atoms with van der Waals surface area (Å²) in [5.41, 5.74) is 4.38. The van der Waals surface area contributed by atoms with Crippen LogP contribution >= 0.6 is 0 Å². The number of amides is 1. The number of carbonyl (C=O) groups is 1. The van der Waals surface area contributed by atoms with Crippen molar-refractivity contribution in [3.63, 3.8) is 0 Å². The molecule has 2 heterocycles. The number of halogens is 2. The zero-order valence-electron chi connectivity index (χ0n) is 20.5. The van der Waals surface area contributed by atoms with E-state index < -0.39 is 44.3 Å². The quantitative estimate of drug-likeness (QED) is 0.574. The van der Waals surface area contributed by atoms with E-state index in [4.69, 9.17) is 10.5 Å². The molecule has 4 rings (SSSR count). The summed E-state index contributed by atoms with van der Waals surface area (Å²) >= 11 is 0. The SMILES string of the molecule is Cc1cc(OCC2CCC2)cnc1C(=O)Nc1ccc(F)c(C2(CF)CS(=O)(=O)C(C)(C)C(N)=N2)c1. The van der Waals surface area contributed by atoms with E-state index in [0.29, 0.717) is 23.8 Å². The number of pyridine rings is 1. The van der Waals surface area contributed by atoms with Gasteiger partial charge in [-0.1, -0.05) is 6.42 Å². The van der Waals surface area contributed by atoms with Gasteiger partial charge in [-0.05, 0) is 69.4 Å². The average Bonchev–Trinajstić information content (AvgIpc) is 2.77. The number of nitrogens with zero attached hydrogens (tertiary/aromatic N) is 2. The lowest BCUT2D eigenvalue weighted by molar-refractivity contribution is 0.102. The Morgan fingerprint density at radius 1 is 1.28 bits per heavy atom. The first-order valence-corrected chi connectivity index (χ1v) is 13.4. The van der Waals surface area contributed by atoms with Gasteiger partial charge >= 0.3 is 0 Å². The first kappa shape index (κ1) is 26.0. The van der Waals surface area contributed by atoms with E-state index in [1.807, 2.05) is 0 Å². The summed E-state index contributed by atoms with van der Waals surface area (Å²) in [4.78, 5) is 21.2. The Hall–Kier alpha value is -3.08. The molecule has 0 radical (unpaired) electrons. The summed E-state index contributed by atoms with van der Waals surface area (Å²) in [7, 11) is -3.96. The number of hydrogen-bond acceptors (Lipinski definition) is 7. The molecule has 0 spiro atoms. The molecule has 1 aliphatic heterocycles. The topological polar surface area (TPSA) is 124 Å². The smallest absolute Gasteiger partial charge is 0.274 e. The number of aromatic nitrogens is 1. The van der Waals surface area contributed by atoms with Gasteiger partial charge in [-0.3, -0.25) is 9.79 Å². The van der Waals surface area contributed by atoms with E-state index in [1.54, 1.807) is 13.0 Å². The Morgan fingerprint density at radius 2 is 2.00 bits per heavy atom. The van der Waals surface area contributed by atoms with Crippen LogP contribution in [0.4, 0.5) is 14.5 Å². The van der Waals surface area contributed by atoms with Crippen molar-refractivity contribution in [2.75, 3.05) is 24.4 Å². The molecule has 1 atom stereocenters. The Morgan fingerprint density at radius 3 is 2.58 bits per heavy atom. The van der Waals surface area contributed by atoms with Crippen LogP contribution in [-0.4, -0.2) is 48.9 Å². The fourth-order valence-corrected chi connectivity index (χ4v) is 5.87. The molecule has 1 aliphatic carbocycles.